The van der Waals surface area contributed by atoms with Gasteiger partial charge in [-0.25, -0.2) is 0 Å². The largest absolute Gasteiger partial charge is 0.455 e. The van der Waals surface area contributed by atoms with Crippen LogP contribution in [0, 0.1) is 0 Å². The molecule has 0 saturated carbocycles. The van der Waals surface area contributed by atoms with Gasteiger partial charge in [0.15, 0.2) is 6.61 Å². The smallest absolute Gasteiger partial charge is 0.310 e. The van der Waals surface area contributed by atoms with Crippen molar-refractivity contribution in [1.82, 2.24) is 0 Å². The Hall–Kier alpha value is -2.33. The minimum Gasteiger partial charge on any atom is -0.455 e. The normalized spacial score (nSPS) is 12.5. The minimum absolute atomic E-state index is 0.182. The Morgan fingerprint density at radius 2 is 1.79 bits per heavy atom. The predicted molar refractivity (Wildman–Crippen MR) is 93.2 cm³/mol. The van der Waals surface area contributed by atoms with Crippen molar-refractivity contribution in [3.63, 3.8) is 0 Å². The summed E-state index contributed by atoms with van der Waals surface area (Å²) in [4.78, 5) is 23.7. The molecule has 0 saturated heterocycles. The van der Waals surface area contributed by atoms with E-state index >= 15 is 0 Å². The zero-order valence-corrected chi connectivity index (χ0v) is 13.9. The van der Waals surface area contributed by atoms with E-state index in [2.05, 4.69) is 17.4 Å². The van der Waals surface area contributed by atoms with Gasteiger partial charge < -0.3 is 10.1 Å². The van der Waals surface area contributed by atoms with Gasteiger partial charge in [-0.2, -0.15) is 0 Å². The number of hydrogen-bond acceptors (Lipinski definition) is 3. The molecule has 4 nitrogen and oxygen atoms in total. The Morgan fingerprint density at radius 1 is 1.04 bits per heavy atom. The molecule has 2 aromatic carbocycles. The van der Waals surface area contributed by atoms with Crippen molar-refractivity contribution in [3.05, 3.63) is 64.2 Å². The zero-order valence-electron chi connectivity index (χ0n) is 13.2. The number of anilines is 1. The molecule has 24 heavy (non-hydrogen) atoms. The maximum absolute atomic E-state index is 11.9. The van der Waals surface area contributed by atoms with Crippen molar-refractivity contribution in [2.45, 2.75) is 25.7 Å². The first kappa shape index (κ1) is 16.5. The van der Waals surface area contributed by atoms with Crippen LogP contribution >= 0.6 is 11.6 Å². The van der Waals surface area contributed by atoms with Gasteiger partial charge >= 0.3 is 5.97 Å². The van der Waals surface area contributed by atoms with Gasteiger partial charge in [-0.05, 0) is 60.2 Å². The number of benzene rings is 2. The van der Waals surface area contributed by atoms with E-state index in [1.165, 1.54) is 17.5 Å². The number of nitrogens with one attached hydrogen (secondary N) is 1. The summed E-state index contributed by atoms with van der Waals surface area (Å²) < 4.78 is 5.05. The van der Waals surface area contributed by atoms with E-state index in [1.54, 1.807) is 24.3 Å². The first-order valence-electron chi connectivity index (χ1n) is 7.92. The molecule has 1 N–H and O–H groups in total. The molecule has 1 aliphatic carbocycles. The van der Waals surface area contributed by atoms with E-state index in [4.69, 9.17) is 16.3 Å². The lowest BCUT2D eigenvalue weighted by molar-refractivity contribution is -0.146. The molecular weight excluding hydrogens is 326 g/mol. The second kappa shape index (κ2) is 7.49. The lowest BCUT2D eigenvalue weighted by Gasteiger charge is -2.08. The molecule has 0 bridgehead atoms. The van der Waals surface area contributed by atoms with Crippen LogP contribution in [0.4, 0.5) is 5.69 Å². The molecule has 5 heteroatoms. The molecule has 0 heterocycles. The molecule has 1 aliphatic rings. The third-order valence-electron chi connectivity index (χ3n) is 4.00. The van der Waals surface area contributed by atoms with Crippen LogP contribution in [0.5, 0.6) is 0 Å². The highest BCUT2D eigenvalue weighted by Gasteiger charge is 2.13. The summed E-state index contributed by atoms with van der Waals surface area (Å²) in [6.45, 7) is -0.299. The monoisotopic (exact) mass is 343 g/mol. The number of carbonyl (C=O) groups is 2. The van der Waals surface area contributed by atoms with Crippen LogP contribution < -0.4 is 5.32 Å². The van der Waals surface area contributed by atoms with Gasteiger partial charge in [-0.1, -0.05) is 29.8 Å². The summed E-state index contributed by atoms with van der Waals surface area (Å²) in [5.74, 6) is -0.779. The lowest BCUT2D eigenvalue weighted by Crippen LogP contribution is -2.21. The van der Waals surface area contributed by atoms with E-state index in [-0.39, 0.29) is 18.9 Å². The molecule has 0 unspecified atom stereocenters. The number of aryl methyl sites for hydroxylation is 2. The van der Waals surface area contributed by atoms with Crippen molar-refractivity contribution >= 4 is 29.2 Å². The van der Waals surface area contributed by atoms with Crippen molar-refractivity contribution < 1.29 is 14.3 Å². The second-order valence-electron chi connectivity index (χ2n) is 5.85. The van der Waals surface area contributed by atoms with Gasteiger partial charge in [0.2, 0.25) is 0 Å². The molecule has 3 rings (SSSR count). The third kappa shape index (κ3) is 4.36. The first-order chi connectivity index (χ1) is 11.6. The van der Waals surface area contributed by atoms with Gasteiger partial charge in [0, 0.05) is 10.7 Å². The molecule has 0 radical (unpaired) electrons. The van der Waals surface area contributed by atoms with Gasteiger partial charge in [0.05, 0.1) is 6.42 Å². The number of halogens is 1. The fourth-order valence-electron chi connectivity index (χ4n) is 2.83. The third-order valence-corrected chi connectivity index (χ3v) is 4.26. The van der Waals surface area contributed by atoms with E-state index in [0.29, 0.717) is 10.7 Å². The molecule has 124 valence electrons. The number of rotatable bonds is 5. The number of esters is 1. The fourth-order valence-corrected chi connectivity index (χ4v) is 2.96. The number of carbonyl (C=O) groups excluding carboxylic acids is 2. The van der Waals surface area contributed by atoms with E-state index in [0.717, 1.165) is 18.4 Å². The highest BCUT2D eigenvalue weighted by Crippen LogP contribution is 2.23. The van der Waals surface area contributed by atoms with Crippen LogP contribution in [0.3, 0.4) is 0 Å². The summed E-state index contributed by atoms with van der Waals surface area (Å²) in [5, 5.41) is 3.24. The molecule has 0 aliphatic heterocycles. The molecule has 0 aromatic heterocycles. The molecule has 0 spiro atoms. The molecule has 2 aromatic rings. The standard InChI is InChI=1S/C19H18ClNO3/c20-16-6-8-17(9-7-16)21-18(22)12-24-19(23)11-13-4-5-14-2-1-3-15(14)10-13/h4-10H,1-3,11-12H2,(H,21,22). The number of ether oxygens (including phenoxy) is 1. The SMILES string of the molecule is O=C(COC(=O)Cc1ccc2c(c1)CCC2)Nc1ccc(Cl)cc1. The van der Waals surface area contributed by atoms with Crippen LogP contribution in [-0.4, -0.2) is 18.5 Å². The van der Waals surface area contributed by atoms with Gasteiger partial charge in [-0.3, -0.25) is 9.59 Å². The van der Waals surface area contributed by atoms with Crippen LogP contribution in [0.1, 0.15) is 23.1 Å². The molecule has 0 atom stereocenters. The van der Waals surface area contributed by atoms with Crippen LogP contribution in [0.25, 0.3) is 0 Å². The summed E-state index contributed by atoms with van der Waals surface area (Å²) >= 11 is 5.78. The highest BCUT2D eigenvalue weighted by molar-refractivity contribution is 6.30. The van der Waals surface area contributed by atoms with E-state index in [1.807, 2.05) is 6.07 Å². The number of amides is 1. The Balaban J connectivity index is 1.46. The van der Waals surface area contributed by atoms with Crippen molar-refractivity contribution in [2.24, 2.45) is 0 Å². The van der Waals surface area contributed by atoms with Gasteiger partial charge in [-0.15, -0.1) is 0 Å². The van der Waals surface area contributed by atoms with Crippen molar-refractivity contribution in [1.29, 1.82) is 0 Å². The summed E-state index contributed by atoms with van der Waals surface area (Å²) in [6, 6.07) is 12.8. The quantitative estimate of drug-likeness (QED) is 0.845. The topological polar surface area (TPSA) is 55.4 Å². The number of fused-ring (bicyclic) bond motifs is 1. The van der Waals surface area contributed by atoms with Crippen molar-refractivity contribution in [3.8, 4) is 0 Å². The highest BCUT2D eigenvalue weighted by atomic mass is 35.5. The Labute approximate surface area is 145 Å². The van der Waals surface area contributed by atoms with Crippen LogP contribution in [0.15, 0.2) is 42.5 Å². The average molecular weight is 344 g/mol. The van der Waals surface area contributed by atoms with Crippen LogP contribution in [0.2, 0.25) is 5.02 Å². The number of hydrogen-bond donors (Lipinski definition) is 1. The average Bonchev–Trinajstić information content (AvgIpc) is 3.03. The fraction of sp³-hybridized carbons (Fsp3) is 0.263. The molecule has 1 amide bonds. The minimum atomic E-state index is -0.404. The summed E-state index contributed by atoms with van der Waals surface area (Å²) in [7, 11) is 0. The van der Waals surface area contributed by atoms with Gasteiger partial charge in [0.25, 0.3) is 5.91 Å². The first-order valence-corrected chi connectivity index (χ1v) is 8.30. The zero-order chi connectivity index (χ0) is 16.9. The Kier molecular flexibility index (Phi) is 5.16. The van der Waals surface area contributed by atoms with Crippen molar-refractivity contribution in [2.75, 3.05) is 11.9 Å². The second-order valence-corrected chi connectivity index (χ2v) is 6.29. The summed E-state index contributed by atoms with van der Waals surface area (Å²) in [6.07, 6.45) is 3.54. The lowest BCUT2D eigenvalue weighted by atomic mass is 10.0. The van der Waals surface area contributed by atoms with Gasteiger partial charge in [0.1, 0.15) is 0 Å². The van der Waals surface area contributed by atoms with E-state index in [9.17, 15) is 9.59 Å². The molecular formula is C19H18ClNO3. The van der Waals surface area contributed by atoms with Crippen LogP contribution in [-0.2, 0) is 33.6 Å². The Bertz CT molecular complexity index is 756. The maximum Gasteiger partial charge on any atom is 0.310 e. The van der Waals surface area contributed by atoms with E-state index < -0.39 is 5.97 Å². The molecule has 0 fully saturated rings. The Morgan fingerprint density at radius 3 is 2.58 bits per heavy atom. The summed E-state index contributed by atoms with van der Waals surface area (Å²) in [5.41, 5.74) is 4.23. The maximum atomic E-state index is 11.9. The predicted octanol–water partition coefficient (Wildman–Crippen LogP) is 3.55.